The van der Waals surface area contributed by atoms with Gasteiger partial charge < -0.3 is 9.79 Å². The molecule has 14 heavy (non-hydrogen) atoms. The summed E-state index contributed by atoms with van der Waals surface area (Å²) in [5, 5.41) is 0.157. The molecule has 82 valence electrons. The van der Waals surface area contributed by atoms with Crippen LogP contribution >= 0.6 is 32.4 Å². The van der Waals surface area contributed by atoms with Gasteiger partial charge in [-0.25, -0.2) is 0 Å². The molecule has 6 heteroatoms. The second kappa shape index (κ2) is 5.74. The largest absolute Gasteiger partial charge is 0.356 e. The van der Waals surface area contributed by atoms with Crippen LogP contribution in [-0.2, 0) is 4.57 Å². The minimum Gasteiger partial charge on any atom is -0.321 e. The molecule has 0 atom stereocenters. The van der Waals surface area contributed by atoms with Crippen LogP contribution in [0.25, 0.3) is 0 Å². The summed E-state index contributed by atoms with van der Waals surface area (Å²) in [4.78, 5) is 17.9. The van der Waals surface area contributed by atoms with Crippen molar-refractivity contribution < 1.29 is 14.4 Å². The fourth-order valence-electron chi connectivity index (χ4n) is 1.27. The molecule has 0 unspecified atom stereocenters. The van der Waals surface area contributed by atoms with Crippen molar-refractivity contribution in [1.82, 2.24) is 0 Å². The first-order valence-electron chi connectivity index (χ1n) is 3.55. The number of benzene rings is 1. The van der Waals surface area contributed by atoms with Gasteiger partial charge in [0.2, 0.25) is 0 Å². The highest BCUT2D eigenvalue weighted by atomic mass is 35.5. The second-order valence-corrected chi connectivity index (χ2v) is 4.32. The van der Waals surface area contributed by atoms with Gasteiger partial charge in [0.25, 0.3) is 0 Å². The Hall–Kier alpha value is -0.0500. The van der Waals surface area contributed by atoms with Crippen molar-refractivity contribution in [2.24, 2.45) is 0 Å². The molecule has 1 aromatic carbocycles. The van der Waals surface area contributed by atoms with Gasteiger partial charge in [-0.2, -0.15) is 0 Å². The summed E-state index contributed by atoms with van der Waals surface area (Å²) >= 11 is 0. The van der Waals surface area contributed by atoms with E-state index in [1.54, 1.807) is 32.0 Å². The summed E-state index contributed by atoms with van der Waals surface area (Å²) in [6.45, 7) is 3.39. The van der Waals surface area contributed by atoms with E-state index in [2.05, 4.69) is 0 Å². The normalized spacial score (nSPS) is 10.0. The maximum Gasteiger partial charge on any atom is 0.356 e. The molecule has 0 heterocycles. The molecule has 2 N–H and O–H groups in total. The summed E-state index contributed by atoms with van der Waals surface area (Å²) in [6.07, 6.45) is 0. The van der Waals surface area contributed by atoms with Crippen LogP contribution in [0.4, 0.5) is 0 Å². The molecule has 0 saturated heterocycles. The highest BCUT2D eigenvalue weighted by molar-refractivity contribution is 7.60. The highest BCUT2D eigenvalue weighted by Crippen LogP contribution is 2.35. The van der Waals surface area contributed by atoms with Crippen molar-refractivity contribution in [3.05, 3.63) is 29.3 Å². The smallest absolute Gasteiger partial charge is 0.321 e. The van der Waals surface area contributed by atoms with Crippen LogP contribution in [0.2, 0.25) is 0 Å². The molecular weight excluding hydrogens is 246 g/mol. The number of rotatable bonds is 1. The molecule has 0 aromatic heterocycles. The molecule has 0 spiro atoms. The van der Waals surface area contributed by atoms with Crippen LogP contribution in [0.1, 0.15) is 11.1 Å². The zero-order valence-corrected chi connectivity index (χ0v) is 10.3. The van der Waals surface area contributed by atoms with Gasteiger partial charge in [0.1, 0.15) is 0 Å². The van der Waals surface area contributed by atoms with Gasteiger partial charge >= 0.3 is 7.60 Å². The monoisotopic (exact) mass is 258 g/mol. The standard InChI is InChI=1S/C8H11O3P.2ClH/c1-6-4-3-5-7(2)8(6)12(9,10)11;;/h3-5H,1-2H3,(H2,9,10,11);2*1H. The molecular formula is C8H13Cl2O3P. The summed E-state index contributed by atoms with van der Waals surface area (Å²) in [7, 11) is -4.09. The third-order valence-electron chi connectivity index (χ3n) is 1.73. The van der Waals surface area contributed by atoms with Gasteiger partial charge in [-0.05, 0) is 25.0 Å². The maximum absolute atomic E-state index is 11.0. The van der Waals surface area contributed by atoms with E-state index in [1.165, 1.54) is 0 Å². The van der Waals surface area contributed by atoms with Crippen LogP contribution in [-0.4, -0.2) is 9.79 Å². The second-order valence-electron chi connectivity index (χ2n) is 2.78. The van der Waals surface area contributed by atoms with E-state index in [9.17, 15) is 4.57 Å². The molecule has 0 amide bonds. The van der Waals surface area contributed by atoms with Crippen LogP contribution in [0, 0.1) is 13.8 Å². The van der Waals surface area contributed by atoms with Crippen molar-refractivity contribution in [2.75, 3.05) is 0 Å². The van der Waals surface area contributed by atoms with E-state index in [4.69, 9.17) is 9.79 Å². The van der Waals surface area contributed by atoms with Crippen LogP contribution < -0.4 is 5.30 Å². The zero-order chi connectivity index (χ0) is 9.35. The van der Waals surface area contributed by atoms with Crippen molar-refractivity contribution in [3.63, 3.8) is 0 Å². The quantitative estimate of drug-likeness (QED) is 0.758. The zero-order valence-electron chi connectivity index (χ0n) is 7.80. The lowest BCUT2D eigenvalue weighted by molar-refractivity contribution is 0.387. The minimum atomic E-state index is -4.09. The Morgan fingerprint density at radius 2 is 1.43 bits per heavy atom. The third-order valence-corrected chi connectivity index (χ3v) is 3.02. The molecule has 0 saturated carbocycles. The molecule has 0 bridgehead atoms. The first kappa shape index (κ1) is 16.4. The van der Waals surface area contributed by atoms with Crippen LogP contribution in [0.5, 0.6) is 0 Å². The topological polar surface area (TPSA) is 57.5 Å². The SMILES string of the molecule is Cc1cccc(C)c1P(=O)(O)O.Cl.Cl. The maximum atomic E-state index is 11.0. The summed E-state index contributed by atoms with van der Waals surface area (Å²) in [5.41, 5.74) is 1.28. The van der Waals surface area contributed by atoms with Gasteiger partial charge in [0.15, 0.2) is 0 Å². The lowest BCUT2D eigenvalue weighted by atomic mass is 10.2. The molecule has 0 radical (unpaired) electrons. The molecule has 3 nitrogen and oxygen atoms in total. The summed E-state index contributed by atoms with van der Waals surface area (Å²) in [6, 6.07) is 5.17. The Balaban J connectivity index is 0. The predicted molar refractivity (Wildman–Crippen MR) is 62.1 cm³/mol. The molecule has 1 aromatic rings. The Labute approximate surface area is 95.5 Å². The van der Waals surface area contributed by atoms with Crippen molar-refractivity contribution >= 4 is 37.7 Å². The van der Waals surface area contributed by atoms with Gasteiger partial charge in [0.05, 0.1) is 5.30 Å². The van der Waals surface area contributed by atoms with E-state index >= 15 is 0 Å². The first-order chi connectivity index (χ1) is 5.43. The lowest BCUT2D eigenvalue weighted by Gasteiger charge is -2.10. The average Bonchev–Trinajstić information content (AvgIpc) is 1.82. The average molecular weight is 259 g/mol. The van der Waals surface area contributed by atoms with E-state index in [1.807, 2.05) is 0 Å². The van der Waals surface area contributed by atoms with Gasteiger partial charge in [-0.15, -0.1) is 24.8 Å². The molecule has 0 fully saturated rings. The Morgan fingerprint density at radius 3 is 1.64 bits per heavy atom. The van der Waals surface area contributed by atoms with Crippen LogP contribution in [0.15, 0.2) is 18.2 Å². The van der Waals surface area contributed by atoms with E-state index in [-0.39, 0.29) is 30.1 Å². The molecule has 0 aliphatic rings. The Kier molecular flexibility index (Phi) is 6.72. The van der Waals surface area contributed by atoms with E-state index in [0.29, 0.717) is 11.1 Å². The van der Waals surface area contributed by atoms with E-state index < -0.39 is 7.60 Å². The number of hydrogen-bond acceptors (Lipinski definition) is 1. The number of halogens is 2. The summed E-state index contributed by atoms with van der Waals surface area (Å²) in [5.74, 6) is 0. The number of hydrogen-bond donors (Lipinski definition) is 2. The Morgan fingerprint density at radius 1 is 1.07 bits per heavy atom. The fraction of sp³-hybridized carbons (Fsp3) is 0.250. The fourth-order valence-corrected chi connectivity index (χ4v) is 2.33. The number of aryl methyl sites for hydroxylation is 2. The lowest BCUT2D eigenvalue weighted by Crippen LogP contribution is -2.11. The van der Waals surface area contributed by atoms with Gasteiger partial charge in [-0.1, -0.05) is 18.2 Å². The van der Waals surface area contributed by atoms with Gasteiger partial charge in [0, 0.05) is 0 Å². The predicted octanol–water partition coefficient (Wildman–Crippen LogP) is 1.95. The minimum absolute atomic E-state index is 0. The molecule has 0 aliphatic heterocycles. The van der Waals surface area contributed by atoms with Crippen molar-refractivity contribution in [2.45, 2.75) is 13.8 Å². The summed E-state index contributed by atoms with van der Waals surface area (Å²) < 4.78 is 11.0. The van der Waals surface area contributed by atoms with Crippen molar-refractivity contribution in [1.29, 1.82) is 0 Å². The molecule has 0 aliphatic carbocycles. The van der Waals surface area contributed by atoms with Gasteiger partial charge in [-0.3, -0.25) is 4.57 Å². The molecule has 1 rings (SSSR count). The highest BCUT2D eigenvalue weighted by Gasteiger charge is 2.21. The van der Waals surface area contributed by atoms with E-state index in [0.717, 1.165) is 0 Å². The Bertz CT molecular complexity index is 328. The third kappa shape index (κ3) is 3.60. The van der Waals surface area contributed by atoms with Crippen LogP contribution in [0.3, 0.4) is 0 Å². The van der Waals surface area contributed by atoms with Crippen molar-refractivity contribution in [3.8, 4) is 0 Å². The first-order valence-corrected chi connectivity index (χ1v) is 5.16.